The molecule has 4 aliphatic carbocycles. The van der Waals surface area contributed by atoms with Gasteiger partial charge in [0.05, 0.1) is 5.92 Å². The van der Waals surface area contributed by atoms with Crippen LogP contribution in [-0.4, -0.2) is 20.5 Å². The van der Waals surface area contributed by atoms with E-state index in [9.17, 15) is 9.59 Å². The van der Waals surface area contributed by atoms with Gasteiger partial charge in [-0.2, -0.15) is 0 Å². The van der Waals surface area contributed by atoms with Gasteiger partial charge in [0.2, 0.25) is 14.5 Å². The van der Waals surface area contributed by atoms with Crippen molar-refractivity contribution in [3.63, 3.8) is 0 Å². The van der Waals surface area contributed by atoms with Crippen LogP contribution in [0.1, 0.15) is 142 Å². The summed E-state index contributed by atoms with van der Waals surface area (Å²) in [7, 11) is 7.36. The molecule has 0 aromatic heterocycles. The number of aliphatic carboxylic acids is 1. The molecule has 0 atom stereocenters. The second kappa shape index (κ2) is 20.2. The average molecular weight is 642 g/mol. The summed E-state index contributed by atoms with van der Waals surface area (Å²) >= 11 is 5.61. The highest BCUT2D eigenvalue weighted by Gasteiger charge is 2.33. The van der Waals surface area contributed by atoms with Crippen molar-refractivity contribution in [2.24, 2.45) is 47.3 Å². The van der Waals surface area contributed by atoms with Gasteiger partial charge in [0.1, 0.15) is 0 Å². The zero-order chi connectivity index (χ0) is 29.5. The van der Waals surface area contributed by atoms with E-state index in [4.69, 9.17) is 20.9 Å². The van der Waals surface area contributed by atoms with Crippen molar-refractivity contribution in [2.45, 2.75) is 142 Å². The third-order valence-corrected chi connectivity index (χ3v) is 11.0. The summed E-state index contributed by atoms with van der Waals surface area (Å²) in [6.07, 6.45) is 25.7. The molecular weight excluding hydrogens is 587 g/mol. The minimum atomic E-state index is -1.67. The lowest BCUT2D eigenvalue weighted by Crippen LogP contribution is -2.28. The average Bonchev–Trinajstić information content (AvgIpc) is 2.94. The highest BCUT2D eigenvalue weighted by Crippen LogP contribution is 2.43. The predicted molar refractivity (Wildman–Crippen MR) is 170 cm³/mol. The third-order valence-electron chi connectivity index (χ3n) is 10.7. The van der Waals surface area contributed by atoms with E-state index in [2.05, 4.69) is 35.2 Å². The molecule has 4 nitrogen and oxygen atoms in total. The van der Waals surface area contributed by atoms with E-state index in [1.807, 2.05) is 0 Å². The summed E-state index contributed by atoms with van der Waals surface area (Å²) in [5.41, 5.74) is 0. The molecule has 234 valence electrons. The molecule has 0 heterocycles. The minimum absolute atomic E-state index is 0.0438. The number of carbonyl (C=O) groups is 2. The van der Waals surface area contributed by atoms with Crippen LogP contribution < -0.4 is 0 Å². The van der Waals surface area contributed by atoms with E-state index in [0.717, 1.165) is 61.2 Å². The molecule has 4 rings (SSSR count). The molecule has 0 aromatic rings. The molecule has 0 unspecified atom stereocenters. The summed E-state index contributed by atoms with van der Waals surface area (Å²) in [6.45, 7) is 4.59. The maximum absolute atomic E-state index is 11.2. The van der Waals surface area contributed by atoms with Gasteiger partial charge in [-0.1, -0.05) is 65.2 Å². The first kappa shape index (κ1) is 36.4. The summed E-state index contributed by atoms with van der Waals surface area (Å²) < 4.78 is 9.09. The van der Waals surface area contributed by atoms with Gasteiger partial charge in [0.25, 0.3) is 0 Å². The van der Waals surface area contributed by atoms with Gasteiger partial charge in [0, 0.05) is 27.3 Å². The first-order chi connectivity index (χ1) is 19.1. The van der Waals surface area contributed by atoms with Gasteiger partial charge < -0.3 is 5.11 Å². The number of halogens is 3. The summed E-state index contributed by atoms with van der Waals surface area (Å²) in [6, 6.07) is 0. The van der Waals surface area contributed by atoms with Gasteiger partial charge in [-0.3, -0.25) is 9.59 Å². The normalized spacial score (nSPS) is 34.5. The standard InChI is InChI=1S/C16H27ClO.C16H28O2.Cl2OS/c2*1-2-3-12-4-6-13(7-5-12)14-8-10-15(11-9-14)16(17)18;1-4(2)3/h12-15H,2-11H2,1H3;12-15H,2-11H2,1H3,(H,17,18);. The SMILES string of the molecule is CCCC1CCC(C2CCC(C(=O)Cl)CC2)CC1.CCCC1CCC(C2CCC(C(=O)O)CC2)CC1.O=S(Cl)Cl. The molecule has 0 saturated heterocycles. The zero-order valence-corrected chi connectivity index (χ0v) is 28.1. The van der Waals surface area contributed by atoms with Crippen molar-refractivity contribution in [2.75, 3.05) is 0 Å². The quantitative estimate of drug-likeness (QED) is 0.268. The maximum Gasteiger partial charge on any atom is 0.306 e. The summed E-state index contributed by atoms with van der Waals surface area (Å²) in [5.74, 6) is 5.13. The van der Waals surface area contributed by atoms with Crippen molar-refractivity contribution in [3.8, 4) is 0 Å². The van der Waals surface area contributed by atoms with Crippen LogP contribution in [-0.2, 0) is 18.8 Å². The first-order valence-corrected chi connectivity index (χ1v) is 19.5. The van der Waals surface area contributed by atoms with E-state index in [-0.39, 0.29) is 17.1 Å². The molecule has 4 saturated carbocycles. The Labute approximate surface area is 260 Å². The molecule has 8 heteroatoms. The van der Waals surface area contributed by atoms with Gasteiger partial charge in [-0.25, -0.2) is 4.21 Å². The lowest BCUT2D eigenvalue weighted by Gasteiger charge is -2.37. The van der Waals surface area contributed by atoms with E-state index in [1.165, 1.54) is 103 Å². The molecule has 40 heavy (non-hydrogen) atoms. The van der Waals surface area contributed by atoms with Crippen molar-refractivity contribution >= 4 is 53.4 Å². The van der Waals surface area contributed by atoms with Crippen molar-refractivity contribution < 1.29 is 18.9 Å². The molecule has 0 aromatic carbocycles. The first-order valence-electron chi connectivity index (χ1n) is 16.3. The van der Waals surface area contributed by atoms with Crippen LogP contribution in [0.4, 0.5) is 0 Å². The summed E-state index contributed by atoms with van der Waals surface area (Å²) in [4.78, 5) is 22.1. The number of rotatable bonds is 8. The molecule has 4 aliphatic rings. The van der Waals surface area contributed by atoms with Crippen LogP contribution in [0.15, 0.2) is 0 Å². The Balaban J connectivity index is 0.000000247. The van der Waals surface area contributed by atoms with Gasteiger partial charge in [0.15, 0.2) is 0 Å². The van der Waals surface area contributed by atoms with Crippen LogP contribution >= 0.6 is 33.0 Å². The number of carboxylic acids is 1. The number of hydrogen-bond donors (Lipinski definition) is 1. The molecule has 0 amide bonds. The molecular formula is C32H55Cl3O4S. The van der Waals surface area contributed by atoms with E-state index in [1.54, 1.807) is 0 Å². The van der Waals surface area contributed by atoms with E-state index in [0.29, 0.717) is 0 Å². The molecule has 0 aliphatic heterocycles. The highest BCUT2D eigenvalue weighted by molar-refractivity contribution is 8.26. The molecule has 0 spiro atoms. The number of hydrogen-bond acceptors (Lipinski definition) is 3. The highest BCUT2D eigenvalue weighted by atomic mass is 36.0. The largest absolute Gasteiger partial charge is 0.481 e. The van der Waals surface area contributed by atoms with Gasteiger partial charge in [-0.05, 0) is 124 Å². The summed E-state index contributed by atoms with van der Waals surface area (Å²) in [5, 5.41) is 8.93. The third kappa shape index (κ3) is 13.6. The van der Waals surface area contributed by atoms with Crippen LogP contribution in [0.2, 0.25) is 0 Å². The fourth-order valence-corrected chi connectivity index (χ4v) is 8.59. The molecule has 0 radical (unpaired) electrons. The predicted octanol–water partition coefficient (Wildman–Crippen LogP) is 10.7. The number of carboxylic acid groups (broad SMARTS) is 1. The molecule has 4 fully saturated rings. The van der Waals surface area contributed by atoms with Crippen LogP contribution in [0.25, 0.3) is 0 Å². The van der Waals surface area contributed by atoms with Crippen LogP contribution in [0, 0.1) is 47.3 Å². The Bertz CT molecular complexity index is 674. The fourth-order valence-electron chi connectivity index (χ4n) is 8.37. The lowest BCUT2D eigenvalue weighted by molar-refractivity contribution is -0.143. The monoisotopic (exact) mass is 640 g/mol. The Hall–Kier alpha value is 0.160. The van der Waals surface area contributed by atoms with Gasteiger partial charge >= 0.3 is 5.97 Å². The van der Waals surface area contributed by atoms with E-state index < -0.39 is 15.2 Å². The zero-order valence-electron chi connectivity index (χ0n) is 25.0. The molecule has 0 bridgehead atoms. The smallest absolute Gasteiger partial charge is 0.306 e. The minimum Gasteiger partial charge on any atom is -0.481 e. The maximum atomic E-state index is 11.2. The Morgan fingerprint density at radius 2 is 0.875 bits per heavy atom. The van der Waals surface area contributed by atoms with Gasteiger partial charge in [-0.15, -0.1) is 0 Å². The Kier molecular flexibility index (Phi) is 18.3. The van der Waals surface area contributed by atoms with Crippen molar-refractivity contribution in [1.82, 2.24) is 0 Å². The van der Waals surface area contributed by atoms with Crippen LogP contribution in [0.5, 0.6) is 0 Å². The van der Waals surface area contributed by atoms with Crippen molar-refractivity contribution in [3.05, 3.63) is 0 Å². The Morgan fingerprint density at radius 3 is 1.12 bits per heavy atom. The Morgan fingerprint density at radius 1 is 0.600 bits per heavy atom. The fraction of sp³-hybridized carbons (Fsp3) is 0.938. The topological polar surface area (TPSA) is 71.4 Å². The van der Waals surface area contributed by atoms with Crippen molar-refractivity contribution in [1.29, 1.82) is 0 Å². The number of carbonyl (C=O) groups excluding carboxylic acids is 1. The lowest BCUT2D eigenvalue weighted by atomic mass is 9.69. The second-order valence-corrected chi connectivity index (χ2v) is 16.1. The second-order valence-electron chi connectivity index (χ2n) is 13.2. The van der Waals surface area contributed by atoms with E-state index >= 15 is 0 Å². The molecule has 1 N–H and O–H groups in total. The van der Waals surface area contributed by atoms with Crippen LogP contribution in [0.3, 0.4) is 0 Å².